The lowest BCUT2D eigenvalue weighted by Crippen LogP contribution is -2.30. The lowest BCUT2D eigenvalue weighted by Gasteiger charge is -2.18. The van der Waals surface area contributed by atoms with Crippen molar-refractivity contribution in [3.8, 4) is 0 Å². The topological polar surface area (TPSA) is 78.9 Å². The predicted octanol–water partition coefficient (Wildman–Crippen LogP) is 18.5. The Labute approximate surface area is 418 Å². The highest BCUT2D eigenvalue weighted by molar-refractivity contribution is 5.71. The third-order valence-electron chi connectivity index (χ3n) is 11.2. The number of unbranched alkanes of at least 4 members (excludes halogenated alkanes) is 19. The molecule has 0 aliphatic carbocycles. The summed E-state index contributed by atoms with van der Waals surface area (Å²) >= 11 is 0. The number of hydrogen-bond donors (Lipinski definition) is 0. The van der Waals surface area contributed by atoms with Crippen molar-refractivity contribution >= 4 is 17.9 Å². The Hall–Kier alpha value is -4.19. The maximum Gasteiger partial charge on any atom is 0.306 e. The summed E-state index contributed by atoms with van der Waals surface area (Å²) in [5.74, 6) is -1.05. The van der Waals surface area contributed by atoms with Gasteiger partial charge in [0, 0.05) is 19.3 Å². The fourth-order valence-corrected chi connectivity index (χ4v) is 7.11. The quantitative estimate of drug-likeness (QED) is 0.0199. The fraction of sp³-hybridized carbons (Fsp3) is 0.629. The van der Waals surface area contributed by atoms with E-state index in [1.54, 1.807) is 0 Å². The van der Waals surface area contributed by atoms with Gasteiger partial charge in [0.1, 0.15) is 13.2 Å². The molecule has 0 spiro atoms. The zero-order valence-corrected chi connectivity index (χ0v) is 43.8. The largest absolute Gasteiger partial charge is 0.462 e. The van der Waals surface area contributed by atoms with E-state index in [1.807, 2.05) is 6.08 Å². The third-order valence-corrected chi connectivity index (χ3v) is 11.2. The Kier molecular flexibility index (Phi) is 52.0. The Bertz CT molecular complexity index is 1450. The van der Waals surface area contributed by atoms with E-state index in [2.05, 4.69) is 136 Å². The second kappa shape index (κ2) is 55.4. The predicted molar refractivity (Wildman–Crippen MR) is 293 cm³/mol. The summed E-state index contributed by atoms with van der Waals surface area (Å²) in [6.07, 6.45) is 76.2. The van der Waals surface area contributed by atoms with Crippen LogP contribution in [0.15, 0.2) is 122 Å². The first kappa shape index (κ1) is 63.8. The number of hydrogen-bond acceptors (Lipinski definition) is 6. The number of rotatable bonds is 48. The van der Waals surface area contributed by atoms with E-state index < -0.39 is 6.10 Å². The van der Waals surface area contributed by atoms with Crippen LogP contribution in [-0.2, 0) is 28.6 Å². The standard InChI is InChI=1S/C62H100O6/c1-4-7-10-13-16-19-22-25-27-29-31-33-34-37-40-43-46-49-52-55-61(64)67-58-59(57-66-60(63)54-51-48-45-42-39-36-24-21-18-15-12-9-6-3)68-62(65)56-53-50-47-44-41-38-35-32-30-28-26-23-20-17-14-11-8-5-2/h7,10,16,19,23,25-28,30-33,35-37,39-40,45,48,59H,4-6,8-9,11-15,17-18,20-22,24,29,34,38,41-44,46-47,49-58H2,1-3H3/b10-7+,19-16+,26-23+,27-25+,30-28+,33-31+,35-32+,39-36+,40-37+,48-45+. The first-order valence-corrected chi connectivity index (χ1v) is 27.6. The van der Waals surface area contributed by atoms with Crippen molar-refractivity contribution in [1.29, 1.82) is 0 Å². The summed E-state index contributed by atoms with van der Waals surface area (Å²) in [4.78, 5) is 38.0. The maximum absolute atomic E-state index is 12.8. The molecule has 0 saturated carbocycles. The third kappa shape index (κ3) is 52.8. The Morgan fingerprint density at radius 2 is 0.662 bits per heavy atom. The van der Waals surface area contributed by atoms with Crippen molar-refractivity contribution < 1.29 is 28.6 Å². The molecule has 0 radical (unpaired) electrons. The molecular formula is C62H100O6. The molecule has 0 aliphatic heterocycles. The number of carbonyl (C=O) groups is 3. The molecule has 0 aromatic carbocycles. The summed E-state index contributed by atoms with van der Waals surface area (Å²) in [6.45, 7) is 6.39. The van der Waals surface area contributed by atoms with Crippen molar-refractivity contribution in [1.82, 2.24) is 0 Å². The molecule has 1 atom stereocenters. The van der Waals surface area contributed by atoms with E-state index in [1.165, 1.54) is 70.6 Å². The molecule has 6 nitrogen and oxygen atoms in total. The van der Waals surface area contributed by atoms with Gasteiger partial charge in [-0.15, -0.1) is 0 Å². The van der Waals surface area contributed by atoms with E-state index >= 15 is 0 Å². The molecule has 0 amide bonds. The van der Waals surface area contributed by atoms with Crippen molar-refractivity contribution in [3.63, 3.8) is 0 Å². The molecular weight excluding hydrogens is 841 g/mol. The molecule has 6 heteroatoms. The van der Waals surface area contributed by atoms with Crippen molar-refractivity contribution in [2.24, 2.45) is 0 Å². The molecule has 0 bridgehead atoms. The van der Waals surface area contributed by atoms with Gasteiger partial charge < -0.3 is 14.2 Å². The van der Waals surface area contributed by atoms with Gasteiger partial charge in [-0.3, -0.25) is 14.4 Å². The van der Waals surface area contributed by atoms with Crippen molar-refractivity contribution in [2.75, 3.05) is 13.2 Å². The summed E-state index contributed by atoms with van der Waals surface area (Å²) in [5.41, 5.74) is 0. The SMILES string of the molecule is CC/C=C/C/C=C/C/C=C/C/C=C/C/C=C/CCCCCC(=O)OCC(COC(=O)CC/C=C/C/C=C/CCCCCCCC)OC(=O)CCCCCCC/C=C/C=C/C=C/CCCCCCC. The summed E-state index contributed by atoms with van der Waals surface area (Å²) < 4.78 is 16.7. The monoisotopic (exact) mass is 941 g/mol. The number of esters is 3. The molecule has 0 saturated heterocycles. The Morgan fingerprint density at radius 1 is 0.324 bits per heavy atom. The summed E-state index contributed by atoms with van der Waals surface area (Å²) in [6, 6.07) is 0. The minimum Gasteiger partial charge on any atom is -0.462 e. The first-order chi connectivity index (χ1) is 33.5. The average molecular weight is 941 g/mol. The molecule has 384 valence electrons. The first-order valence-electron chi connectivity index (χ1n) is 27.6. The van der Waals surface area contributed by atoms with Gasteiger partial charge in [0.05, 0.1) is 0 Å². The van der Waals surface area contributed by atoms with Gasteiger partial charge in [-0.1, -0.05) is 226 Å². The lowest BCUT2D eigenvalue weighted by atomic mass is 10.1. The van der Waals surface area contributed by atoms with Crippen LogP contribution in [0.5, 0.6) is 0 Å². The minimum absolute atomic E-state index is 0.124. The number of carbonyl (C=O) groups excluding carboxylic acids is 3. The van der Waals surface area contributed by atoms with Crippen LogP contribution in [0.3, 0.4) is 0 Å². The van der Waals surface area contributed by atoms with Crippen molar-refractivity contribution in [3.05, 3.63) is 122 Å². The molecule has 0 rings (SSSR count). The van der Waals surface area contributed by atoms with E-state index in [4.69, 9.17) is 14.2 Å². The van der Waals surface area contributed by atoms with Crippen LogP contribution < -0.4 is 0 Å². The smallest absolute Gasteiger partial charge is 0.306 e. The van der Waals surface area contributed by atoms with E-state index in [0.717, 1.165) is 116 Å². The number of ether oxygens (including phenoxy) is 3. The molecule has 0 aliphatic rings. The Balaban J connectivity index is 4.56. The van der Waals surface area contributed by atoms with Crippen LogP contribution in [-0.4, -0.2) is 37.2 Å². The molecule has 1 unspecified atom stereocenters. The van der Waals surface area contributed by atoms with Crippen molar-refractivity contribution in [2.45, 2.75) is 239 Å². The van der Waals surface area contributed by atoms with Gasteiger partial charge in [0.2, 0.25) is 0 Å². The fourth-order valence-electron chi connectivity index (χ4n) is 7.11. The second-order valence-corrected chi connectivity index (χ2v) is 17.8. The van der Waals surface area contributed by atoms with E-state index in [0.29, 0.717) is 12.8 Å². The molecule has 0 N–H and O–H groups in total. The van der Waals surface area contributed by atoms with Gasteiger partial charge in [-0.05, 0) is 109 Å². The van der Waals surface area contributed by atoms with Gasteiger partial charge in [0.15, 0.2) is 6.10 Å². The molecule has 68 heavy (non-hydrogen) atoms. The summed E-state index contributed by atoms with van der Waals surface area (Å²) in [5, 5.41) is 0. The van der Waals surface area contributed by atoms with Crippen LogP contribution in [0, 0.1) is 0 Å². The van der Waals surface area contributed by atoms with E-state index in [-0.39, 0.29) is 44.0 Å². The Morgan fingerprint density at radius 3 is 1.12 bits per heavy atom. The van der Waals surface area contributed by atoms with Crippen LogP contribution in [0.2, 0.25) is 0 Å². The zero-order valence-electron chi connectivity index (χ0n) is 43.8. The van der Waals surface area contributed by atoms with Crippen LogP contribution in [0.4, 0.5) is 0 Å². The maximum atomic E-state index is 12.8. The molecule has 0 aromatic rings. The molecule has 0 fully saturated rings. The van der Waals surface area contributed by atoms with Gasteiger partial charge >= 0.3 is 17.9 Å². The highest BCUT2D eigenvalue weighted by Gasteiger charge is 2.19. The van der Waals surface area contributed by atoms with E-state index in [9.17, 15) is 14.4 Å². The molecule has 0 heterocycles. The molecule has 0 aromatic heterocycles. The number of allylic oxidation sites excluding steroid dienone is 20. The highest BCUT2D eigenvalue weighted by atomic mass is 16.6. The van der Waals surface area contributed by atoms with Crippen LogP contribution in [0.25, 0.3) is 0 Å². The normalized spacial score (nSPS) is 13.0. The van der Waals surface area contributed by atoms with Gasteiger partial charge in [-0.25, -0.2) is 0 Å². The summed E-state index contributed by atoms with van der Waals surface area (Å²) in [7, 11) is 0. The van der Waals surface area contributed by atoms with Crippen LogP contribution in [0.1, 0.15) is 233 Å². The lowest BCUT2D eigenvalue weighted by molar-refractivity contribution is -0.166. The van der Waals surface area contributed by atoms with Gasteiger partial charge in [-0.2, -0.15) is 0 Å². The highest BCUT2D eigenvalue weighted by Crippen LogP contribution is 2.12. The van der Waals surface area contributed by atoms with Crippen LogP contribution >= 0.6 is 0 Å². The zero-order chi connectivity index (χ0) is 49.3. The second-order valence-electron chi connectivity index (χ2n) is 17.8. The average Bonchev–Trinajstić information content (AvgIpc) is 3.34. The minimum atomic E-state index is -0.829. The van der Waals surface area contributed by atoms with Gasteiger partial charge in [0.25, 0.3) is 0 Å².